The molecule has 6 nitrogen and oxygen atoms in total. The Bertz CT molecular complexity index is 949. The second-order valence-electron chi connectivity index (χ2n) is 6.36. The summed E-state index contributed by atoms with van der Waals surface area (Å²) < 4.78 is 5.51. The Labute approximate surface area is 154 Å². The van der Waals surface area contributed by atoms with Crippen LogP contribution in [0.4, 0.5) is 0 Å². The molecule has 0 spiro atoms. The molecule has 7 heteroatoms. The third kappa shape index (κ3) is 2.70. The zero-order chi connectivity index (χ0) is 18.3. The maximum Gasteiger partial charge on any atom is 0.255 e. The van der Waals surface area contributed by atoms with Gasteiger partial charge in [0.15, 0.2) is 12.2 Å². The number of benzene rings is 1. The van der Waals surface area contributed by atoms with Crippen LogP contribution >= 0.6 is 11.3 Å². The number of rotatable bonds is 3. The molecule has 2 aromatic heterocycles. The van der Waals surface area contributed by atoms with Crippen molar-refractivity contribution in [2.75, 3.05) is 14.1 Å². The standard InChI is InChI=1S/C19H17N3O3S/c1-21(2)18(23)12-3-4-15-14(7-12)9-22(17(15)16-8-20-11-25-16)19(24)13-5-6-26-10-13/h3-8,10-11,17H,9H2,1-2H3/t17-/m0/s1. The van der Waals surface area contributed by atoms with Crippen molar-refractivity contribution in [2.24, 2.45) is 0 Å². The van der Waals surface area contributed by atoms with Gasteiger partial charge in [0, 0.05) is 31.6 Å². The van der Waals surface area contributed by atoms with Crippen molar-refractivity contribution in [3.8, 4) is 0 Å². The number of hydrogen-bond acceptors (Lipinski definition) is 5. The van der Waals surface area contributed by atoms with E-state index in [1.807, 2.05) is 29.0 Å². The normalized spacial score (nSPS) is 15.8. The van der Waals surface area contributed by atoms with E-state index in [4.69, 9.17) is 4.42 Å². The molecule has 3 heterocycles. The van der Waals surface area contributed by atoms with E-state index in [0.29, 0.717) is 23.4 Å². The molecule has 0 unspecified atom stereocenters. The van der Waals surface area contributed by atoms with Crippen LogP contribution in [0.2, 0.25) is 0 Å². The maximum absolute atomic E-state index is 13.0. The molecule has 1 aliphatic rings. The Kier molecular flexibility index (Phi) is 4.08. The highest BCUT2D eigenvalue weighted by Crippen LogP contribution is 2.40. The molecule has 2 amide bonds. The van der Waals surface area contributed by atoms with Crippen LogP contribution in [0.25, 0.3) is 0 Å². The van der Waals surface area contributed by atoms with Crippen LogP contribution in [0.1, 0.15) is 43.6 Å². The molecule has 0 bridgehead atoms. The first-order chi connectivity index (χ1) is 12.6. The van der Waals surface area contributed by atoms with Crippen LogP contribution in [0.5, 0.6) is 0 Å². The number of hydrogen-bond donors (Lipinski definition) is 0. The highest BCUT2D eigenvalue weighted by Gasteiger charge is 2.37. The fourth-order valence-corrected chi connectivity index (χ4v) is 3.88. The van der Waals surface area contributed by atoms with Crippen LogP contribution in [0.15, 0.2) is 52.0 Å². The molecule has 26 heavy (non-hydrogen) atoms. The molecule has 0 saturated carbocycles. The number of aromatic nitrogens is 1. The molecule has 0 radical (unpaired) electrons. The molecular formula is C19H17N3O3S. The first-order valence-corrected chi connectivity index (χ1v) is 9.06. The van der Waals surface area contributed by atoms with Gasteiger partial charge in [-0.05, 0) is 34.7 Å². The van der Waals surface area contributed by atoms with Crippen LogP contribution < -0.4 is 0 Å². The van der Waals surface area contributed by atoms with Crippen LogP contribution in [0, 0.1) is 0 Å². The minimum Gasteiger partial charge on any atom is -0.446 e. The fourth-order valence-electron chi connectivity index (χ4n) is 3.25. The van der Waals surface area contributed by atoms with Gasteiger partial charge in [0.1, 0.15) is 6.04 Å². The number of nitrogens with zero attached hydrogens (tertiary/aromatic N) is 3. The van der Waals surface area contributed by atoms with E-state index in [1.165, 1.54) is 17.7 Å². The summed E-state index contributed by atoms with van der Waals surface area (Å²) in [5, 5.41) is 3.72. The minimum atomic E-state index is -0.344. The summed E-state index contributed by atoms with van der Waals surface area (Å²) in [6.07, 6.45) is 3.00. The molecule has 0 saturated heterocycles. The lowest BCUT2D eigenvalue weighted by Gasteiger charge is -2.23. The van der Waals surface area contributed by atoms with Crippen molar-refractivity contribution >= 4 is 23.2 Å². The quantitative estimate of drug-likeness (QED) is 0.713. The predicted octanol–water partition coefficient (Wildman–Crippen LogP) is 3.18. The lowest BCUT2D eigenvalue weighted by atomic mass is 10.00. The van der Waals surface area contributed by atoms with E-state index < -0.39 is 0 Å². The largest absolute Gasteiger partial charge is 0.446 e. The Hall–Kier alpha value is -2.93. The molecule has 0 fully saturated rings. The maximum atomic E-state index is 13.0. The van der Waals surface area contributed by atoms with Crippen LogP contribution in [-0.4, -0.2) is 40.7 Å². The molecule has 1 atom stereocenters. The van der Waals surface area contributed by atoms with Gasteiger partial charge in [-0.25, -0.2) is 4.98 Å². The van der Waals surface area contributed by atoms with Gasteiger partial charge in [0.25, 0.3) is 11.8 Å². The van der Waals surface area contributed by atoms with Gasteiger partial charge in [0.05, 0.1) is 11.8 Å². The second kappa shape index (κ2) is 6.42. The summed E-state index contributed by atoms with van der Waals surface area (Å²) in [5.74, 6) is 0.481. The minimum absolute atomic E-state index is 0.0633. The average molecular weight is 367 g/mol. The summed E-state index contributed by atoms with van der Waals surface area (Å²) in [7, 11) is 3.44. The van der Waals surface area contributed by atoms with Gasteiger partial charge in [-0.3, -0.25) is 9.59 Å². The van der Waals surface area contributed by atoms with Gasteiger partial charge >= 0.3 is 0 Å². The topological polar surface area (TPSA) is 66.7 Å². The van der Waals surface area contributed by atoms with E-state index in [-0.39, 0.29) is 17.9 Å². The molecular weight excluding hydrogens is 350 g/mol. The lowest BCUT2D eigenvalue weighted by molar-refractivity contribution is 0.0704. The number of fused-ring (bicyclic) bond motifs is 1. The van der Waals surface area contributed by atoms with E-state index >= 15 is 0 Å². The van der Waals surface area contributed by atoms with Crippen molar-refractivity contribution in [2.45, 2.75) is 12.6 Å². The molecule has 0 N–H and O–H groups in total. The smallest absolute Gasteiger partial charge is 0.255 e. The zero-order valence-electron chi connectivity index (χ0n) is 14.4. The Morgan fingerprint density at radius 1 is 1.27 bits per heavy atom. The van der Waals surface area contributed by atoms with E-state index in [1.54, 1.807) is 36.2 Å². The predicted molar refractivity (Wildman–Crippen MR) is 97.0 cm³/mol. The SMILES string of the molecule is CN(C)C(=O)c1ccc2c(c1)CN(C(=O)c1ccsc1)[C@@H]2c1cnco1. The van der Waals surface area contributed by atoms with Crippen molar-refractivity contribution in [1.29, 1.82) is 0 Å². The van der Waals surface area contributed by atoms with Crippen molar-refractivity contribution in [3.63, 3.8) is 0 Å². The number of thiophene rings is 1. The van der Waals surface area contributed by atoms with Gasteiger partial charge in [0.2, 0.25) is 0 Å². The van der Waals surface area contributed by atoms with Gasteiger partial charge in [-0.2, -0.15) is 11.3 Å². The first kappa shape index (κ1) is 16.5. The summed E-state index contributed by atoms with van der Waals surface area (Å²) >= 11 is 1.49. The summed E-state index contributed by atoms with van der Waals surface area (Å²) in [6, 6.07) is 7.03. The van der Waals surface area contributed by atoms with Crippen molar-refractivity contribution < 1.29 is 14.0 Å². The Morgan fingerprint density at radius 3 is 2.77 bits per heavy atom. The highest BCUT2D eigenvalue weighted by atomic mass is 32.1. The Morgan fingerprint density at radius 2 is 2.12 bits per heavy atom. The summed E-state index contributed by atoms with van der Waals surface area (Å²) in [6.45, 7) is 0.421. The Balaban J connectivity index is 1.76. The van der Waals surface area contributed by atoms with E-state index in [0.717, 1.165) is 11.1 Å². The zero-order valence-corrected chi connectivity index (χ0v) is 15.2. The number of amides is 2. The molecule has 132 valence electrons. The molecule has 1 aliphatic heterocycles. The van der Waals surface area contributed by atoms with Gasteiger partial charge in [-0.1, -0.05) is 6.07 Å². The van der Waals surface area contributed by atoms with Crippen LogP contribution in [0.3, 0.4) is 0 Å². The molecule has 0 aliphatic carbocycles. The molecule has 1 aromatic carbocycles. The highest BCUT2D eigenvalue weighted by molar-refractivity contribution is 7.08. The monoisotopic (exact) mass is 367 g/mol. The number of carbonyl (C=O) groups is 2. The first-order valence-electron chi connectivity index (χ1n) is 8.12. The number of carbonyl (C=O) groups excluding carboxylic acids is 2. The van der Waals surface area contributed by atoms with Crippen molar-refractivity contribution in [1.82, 2.24) is 14.8 Å². The van der Waals surface area contributed by atoms with Gasteiger partial charge in [-0.15, -0.1) is 0 Å². The van der Waals surface area contributed by atoms with E-state index in [2.05, 4.69) is 4.98 Å². The van der Waals surface area contributed by atoms with E-state index in [9.17, 15) is 9.59 Å². The number of oxazole rings is 1. The lowest BCUT2D eigenvalue weighted by Crippen LogP contribution is -2.29. The fraction of sp³-hybridized carbons (Fsp3) is 0.211. The molecule has 4 rings (SSSR count). The third-order valence-electron chi connectivity index (χ3n) is 4.49. The van der Waals surface area contributed by atoms with Gasteiger partial charge < -0.3 is 14.2 Å². The van der Waals surface area contributed by atoms with Crippen molar-refractivity contribution in [3.05, 3.63) is 75.6 Å². The van der Waals surface area contributed by atoms with Crippen LogP contribution in [-0.2, 0) is 6.54 Å². The third-order valence-corrected chi connectivity index (χ3v) is 5.18. The average Bonchev–Trinajstić information content (AvgIpc) is 3.39. The second-order valence-corrected chi connectivity index (χ2v) is 7.14. The molecule has 3 aromatic rings. The summed E-state index contributed by atoms with van der Waals surface area (Å²) in [5.41, 5.74) is 3.16. The summed E-state index contributed by atoms with van der Waals surface area (Å²) in [4.78, 5) is 32.6.